The Bertz CT molecular complexity index is 643. The third-order valence-corrected chi connectivity index (χ3v) is 4.12. The normalized spacial score (nSPS) is 18.0. The van der Waals surface area contributed by atoms with Crippen LogP contribution >= 0.6 is 0 Å². The number of fused-ring (bicyclic) bond motifs is 1. The van der Waals surface area contributed by atoms with Crippen LogP contribution in [0.25, 0.3) is 11.3 Å². The number of hydrogen-bond donors (Lipinski definition) is 1. The minimum Gasteiger partial charge on any atom is -0.383 e. The third-order valence-electron chi connectivity index (χ3n) is 4.12. The van der Waals surface area contributed by atoms with E-state index < -0.39 is 0 Å². The SMILES string of the molecule is COCCNc1nc2nonc2nc1N(C)CCC1CCCCO1. The van der Waals surface area contributed by atoms with Crippen molar-refractivity contribution in [3.8, 4) is 0 Å². The van der Waals surface area contributed by atoms with Crippen LogP contribution in [0.4, 0.5) is 11.6 Å². The molecule has 2 aromatic heterocycles. The summed E-state index contributed by atoms with van der Waals surface area (Å²) in [5, 5.41) is 10.8. The highest BCUT2D eigenvalue weighted by molar-refractivity contribution is 5.73. The van der Waals surface area contributed by atoms with Crippen molar-refractivity contribution in [2.75, 3.05) is 50.7 Å². The second kappa shape index (κ2) is 8.20. The molecule has 9 heteroatoms. The molecule has 1 unspecified atom stereocenters. The molecule has 1 N–H and O–H groups in total. The maximum absolute atomic E-state index is 5.80. The summed E-state index contributed by atoms with van der Waals surface area (Å²) in [6, 6.07) is 0. The van der Waals surface area contributed by atoms with Crippen LogP contribution in [0, 0.1) is 0 Å². The van der Waals surface area contributed by atoms with Crippen LogP contribution in [0.3, 0.4) is 0 Å². The van der Waals surface area contributed by atoms with Gasteiger partial charge in [-0.15, -0.1) is 0 Å². The lowest BCUT2D eigenvalue weighted by atomic mass is 10.1. The molecule has 0 amide bonds. The average Bonchev–Trinajstić information content (AvgIpc) is 3.07. The summed E-state index contributed by atoms with van der Waals surface area (Å²) < 4.78 is 15.6. The number of nitrogens with zero attached hydrogens (tertiary/aromatic N) is 5. The van der Waals surface area contributed by atoms with E-state index in [4.69, 9.17) is 14.1 Å². The zero-order chi connectivity index (χ0) is 16.8. The number of hydrogen-bond acceptors (Lipinski definition) is 9. The van der Waals surface area contributed by atoms with E-state index in [1.54, 1.807) is 7.11 Å². The minimum absolute atomic E-state index is 0.330. The highest BCUT2D eigenvalue weighted by Crippen LogP contribution is 2.24. The lowest BCUT2D eigenvalue weighted by molar-refractivity contribution is 0.0126. The molecule has 2 aromatic rings. The van der Waals surface area contributed by atoms with Crippen molar-refractivity contribution in [1.82, 2.24) is 20.3 Å². The number of aromatic nitrogens is 4. The lowest BCUT2D eigenvalue weighted by Gasteiger charge is -2.26. The maximum atomic E-state index is 5.80. The first-order valence-corrected chi connectivity index (χ1v) is 8.34. The van der Waals surface area contributed by atoms with Gasteiger partial charge in [-0.1, -0.05) is 0 Å². The molecular formula is C15H24N6O3. The predicted octanol–water partition coefficient (Wildman–Crippen LogP) is 1.47. The van der Waals surface area contributed by atoms with Gasteiger partial charge in [-0.2, -0.15) is 0 Å². The number of anilines is 2. The molecule has 1 saturated heterocycles. The molecule has 0 spiro atoms. The van der Waals surface area contributed by atoms with Gasteiger partial charge in [-0.3, -0.25) is 0 Å². The van der Waals surface area contributed by atoms with Crippen molar-refractivity contribution in [1.29, 1.82) is 0 Å². The Morgan fingerprint density at radius 2 is 2.08 bits per heavy atom. The van der Waals surface area contributed by atoms with Gasteiger partial charge in [0.25, 0.3) is 0 Å². The zero-order valence-electron chi connectivity index (χ0n) is 14.2. The van der Waals surface area contributed by atoms with E-state index in [9.17, 15) is 0 Å². The smallest absolute Gasteiger partial charge is 0.245 e. The quantitative estimate of drug-likeness (QED) is 0.718. The van der Waals surface area contributed by atoms with E-state index in [1.165, 1.54) is 12.8 Å². The van der Waals surface area contributed by atoms with Crippen molar-refractivity contribution < 1.29 is 14.1 Å². The minimum atomic E-state index is 0.330. The van der Waals surface area contributed by atoms with E-state index in [2.05, 4.69) is 30.5 Å². The van der Waals surface area contributed by atoms with Crippen LogP contribution in [0.2, 0.25) is 0 Å². The highest BCUT2D eigenvalue weighted by atomic mass is 16.6. The fraction of sp³-hybridized carbons (Fsp3) is 0.733. The Balaban J connectivity index is 1.70. The Morgan fingerprint density at radius 1 is 1.25 bits per heavy atom. The monoisotopic (exact) mass is 336 g/mol. The summed E-state index contributed by atoms with van der Waals surface area (Å²) >= 11 is 0. The standard InChI is InChI=1S/C15H24N6O3/c1-21(8-6-11-5-3-4-9-23-11)15-14(16-7-10-22-2)17-12-13(18-15)20-24-19-12/h11H,3-10H2,1-2H3,(H,16,17,19). The van der Waals surface area contributed by atoms with Gasteiger partial charge in [0.15, 0.2) is 11.6 Å². The van der Waals surface area contributed by atoms with Crippen molar-refractivity contribution >= 4 is 22.9 Å². The average molecular weight is 336 g/mol. The molecule has 3 heterocycles. The van der Waals surface area contributed by atoms with Gasteiger partial charge < -0.3 is 19.7 Å². The summed E-state index contributed by atoms with van der Waals surface area (Å²) in [5.74, 6) is 1.38. The second-order valence-electron chi connectivity index (χ2n) is 5.93. The van der Waals surface area contributed by atoms with Gasteiger partial charge in [0.2, 0.25) is 11.3 Å². The summed E-state index contributed by atoms with van der Waals surface area (Å²) in [5.41, 5.74) is 0.797. The van der Waals surface area contributed by atoms with Gasteiger partial charge in [0.05, 0.1) is 12.7 Å². The van der Waals surface area contributed by atoms with Crippen LogP contribution in [-0.2, 0) is 9.47 Å². The van der Waals surface area contributed by atoms with Gasteiger partial charge in [-0.25, -0.2) is 14.6 Å². The molecule has 1 aliphatic rings. The summed E-state index contributed by atoms with van der Waals surface area (Å²) in [7, 11) is 3.66. The van der Waals surface area contributed by atoms with Crippen molar-refractivity contribution in [3.05, 3.63) is 0 Å². The van der Waals surface area contributed by atoms with Gasteiger partial charge >= 0.3 is 0 Å². The van der Waals surface area contributed by atoms with E-state index >= 15 is 0 Å². The summed E-state index contributed by atoms with van der Waals surface area (Å²) in [4.78, 5) is 11.0. The van der Waals surface area contributed by atoms with E-state index in [1.807, 2.05) is 7.05 Å². The Kier molecular flexibility index (Phi) is 5.76. The lowest BCUT2D eigenvalue weighted by Crippen LogP contribution is -2.28. The first-order chi connectivity index (χ1) is 11.8. The van der Waals surface area contributed by atoms with Crippen molar-refractivity contribution in [3.63, 3.8) is 0 Å². The second-order valence-corrected chi connectivity index (χ2v) is 5.93. The molecule has 0 saturated carbocycles. The van der Waals surface area contributed by atoms with Gasteiger partial charge in [0.1, 0.15) is 0 Å². The molecule has 0 aliphatic carbocycles. The number of nitrogens with one attached hydrogen (secondary N) is 1. The predicted molar refractivity (Wildman–Crippen MR) is 89.2 cm³/mol. The molecular weight excluding hydrogens is 312 g/mol. The third kappa shape index (κ3) is 4.09. The molecule has 132 valence electrons. The van der Waals surface area contributed by atoms with Crippen LogP contribution < -0.4 is 10.2 Å². The fourth-order valence-corrected chi connectivity index (χ4v) is 2.76. The van der Waals surface area contributed by atoms with Crippen LogP contribution in [0.5, 0.6) is 0 Å². The molecule has 9 nitrogen and oxygen atoms in total. The molecule has 0 radical (unpaired) electrons. The van der Waals surface area contributed by atoms with E-state index in [0.29, 0.717) is 36.4 Å². The highest BCUT2D eigenvalue weighted by Gasteiger charge is 2.18. The summed E-state index contributed by atoms with van der Waals surface area (Å²) in [6.07, 6.45) is 4.84. The first kappa shape index (κ1) is 16.8. The number of rotatable bonds is 8. The summed E-state index contributed by atoms with van der Waals surface area (Å²) in [6.45, 7) is 2.91. The molecule has 24 heavy (non-hydrogen) atoms. The van der Waals surface area contributed by atoms with Gasteiger partial charge in [0, 0.05) is 33.9 Å². The van der Waals surface area contributed by atoms with Crippen LogP contribution in [0.15, 0.2) is 4.63 Å². The van der Waals surface area contributed by atoms with E-state index in [-0.39, 0.29) is 0 Å². The molecule has 1 atom stereocenters. The molecule has 0 bridgehead atoms. The zero-order valence-corrected chi connectivity index (χ0v) is 14.2. The largest absolute Gasteiger partial charge is 0.383 e. The van der Waals surface area contributed by atoms with E-state index in [0.717, 1.165) is 31.8 Å². The Hall–Kier alpha value is -2.00. The molecule has 1 aliphatic heterocycles. The Morgan fingerprint density at radius 3 is 2.83 bits per heavy atom. The fourth-order valence-electron chi connectivity index (χ4n) is 2.76. The number of methoxy groups -OCH3 is 1. The first-order valence-electron chi connectivity index (χ1n) is 8.34. The van der Waals surface area contributed by atoms with Gasteiger partial charge in [-0.05, 0) is 36.0 Å². The van der Waals surface area contributed by atoms with Crippen LogP contribution in [0.1, 0.15) is 25.7 Å². The van der Waals surface area contributed by atoms with Crippen molar-refractivity contribution in [2.45, 2.75) is 31.8 Å². The molecule has 3 rings (SSSR count). The van der Waals surface area contributed by atoms with Crippen molar-refractivity contribution in [2.24, 2.45) is 0 Å². The molecule has 0 aromatic carbocycles. The van der Waals surface area contributed by atoms with Crippen LogP contribution in [-0.4, -0.2) is 66.8 Å². The molecule has 1 fully saturated rings. The topological polar surface area (TPSA) is 98.4 Å². The Labute approximate surface area is 140 Å². The maximum Gasteiger partial charge on any atom is 0.245 e. The number of ether oxygens (including phenoxy) is 2.